The molecular weight excluding hydrogens is 306 g/mol. The molecule has 0 unspecified atom stereocenters. The van der Waals surface area contributed by atoms with Gasteiger partial charge in [-0.1, -0.05) is 12.1 Å². The Balaban J connectivity index is 1.60. The highest BCUT2D eigenvalue weighted by Crippen LogP contribution is 2.48. The van der Waals surface area contributed by atoms with E-state index in [1.54, 1.807) is 12.0 Å². The van der Waals surface area contributed by atoms with Crippen LogP contribution in [0.15, 0.2) is 24.3 Å². The van der Waals surface area contributed by atoms with E-state index in [1.165, 1.54) is 10.5 Å². The van der Waals surface area contributed by atoms with Crippen molar-refractivity contribution in [3.8, 4) is 0 Å². The van der Waals surface area contributed by atoms with Crippen LogP contribution in [-0.2, 0) is 14.9 Å². The maximum absolute atomic E-state index is 12.7. The van der Waals surface area contributed by atoms with E-state index in [-0.39, 0.29) is 23.4 Å². The summed E-state index contributed by atoms with van der Waals surface area (Å²) in [6.45, 7) is 1.31. The Morgan fingerprint density at radius 3 is 2.54 bits per heavy atom. The number of methoxy groups -OCH3 is 1. The quantitative estimate of drug-likeness (QED) is 0.852. The lowest BCUT2D eigenvalue weighted by atomic mass is 9.96. The number of piperidine rings is 1. The molecule has 24 heavy (non-hydrogen) atoms. The van der Waals surface area contributed by atoms with Crippen molar-refractivity contribution >= 4 is 17.6 Å². The smallest absolute Gasteiger partial charge is 0.332 e. The van der Waals surface area contributed by atoms with Crippen molar-refractivity contribution in [3.63, 3.8) is 0 Å². The van der Waals surface area contributed by atoms with Gasteiger partial charge in [-0.05, 0) is 43.4 Å². The van der Waals surface area contributed by atoms with Crippen LogP contribution in [0.4, 0.5) is 10.5 Å². The summed E-state index contributed by atoms with van der Waals surface area (Å²) >= 11 is 0. The lowest BCUT2D eigenvalue weighted by Crippen LogP contribution is -2.52. The highest BCUT2D eigenvalue weighted by Gasteiger charge is 2.50. The number of benzene rings is 1. The molecule has 2 N–H and O–H groups in total. The van der Waals surface area contributed by atoms with Crippen molar-refractivity contribution in [2.45, 2.75) is 43.2 Å². The first kappa shape index (κ1) is 15.6. The Bertz CT molecular complexity index is 669. The number of amides is 3. The van der Waals surface area contributed by atoms with Gasteiger partial charge in [0.1, 0.15) is 6.04 Å². The number of hydrogen-bond donors (Lipinski definition) is 1. The zero-order chi connectivity index (χ0) is 16.9. The molecule has 3 amide bonds. The van der Waals surface area contributed by atoms with Crippen molar-refractivity contribution < 1.29 is 14.3 Å². The zero-order valence-corrected chi connectivity index (χ0v) is 13.9. The largest absolute Gasteiger partial charge is 0.384 e. The van der Waals surface area contributed by atoms with Gasteiger partial charge in [0, 0.05) is 25.1 Å². The number of hydrogen-bond acceptors (Lipinski definition) is 4. The maximum atomic E-state index is 12.7. The molecule has 0 spiro atoms. The van der Waals surface area contributed by atoms with Crippen molar-refractivity contribution in [1.82, 2.24) is 4.90 Å². The van der Waals surface area contributed by atoms with E-state index in [1.807, 2.05) is 24.3 Å². The van der Waals surface area contributed by atoms with E-state index in [2.05, 4.69) is 0 Å². The van der Waals surface area contributed by atoms with Gasteiger partial charge in [0.25, 0.3) is 5.91 Å². The summed E-state index contributed by atoms with van der Waals surface area (Å²) < 4.78 is 5.32. The molecule has 4 rings (SSSR count). The Kier molecular flexibility index (Phi) is 3.62. The average molecular weight is 329 g/mol. The summed E-state index contributed by atoms with van der Waals surface area (Å²) in [6, 6.07) is 6.74. The fourth-order valence-electron chi connectivity index (χ4n) is 4.06. The second kappa shape index (κ2) is 5.57. The lowest BCUT2D eigenvalue weighted by Gasteiger charge is -2.31. The number of nitrogens with zero attached hydrogens (tertiary/aromatic N) is 2. The minimum absolute atomic E-state index is 0.117. The number of fused-ring (bicyclic) bond motifs is 1. The van der Waals surface area contributed by atoms with E-state index in [9.17, 15) is 9.59 Å². The number of urea groups is 1. The standard InChI is InChI=1S/C18H23N3O3/c1-24-11-18(8-9-18)12-4-6-13(7-5-12)21-16(22)15-14(19)3-2-10-20(15)17(21)23/h4-7,14-15H,2-3,8-11,19H2,1H3/t14-,15+/m1/s1. The van der Waals surface area contributed by atoms with Gasteiger partial charge in [0.2, 0.25) is 0 Å². The number of rotatable bonds is 4. The molecule has 128 valence electrons. The molecule has 1 aromatic rings. The summed E-state index contributed by atoms with van der Waals surface area (Å²) in [5.74, 6) is -0.196. The predicted molar refractivity (Wildman–Crippen MR) is 89.8 cm³/mol. The fourth-order valence-corrected chi connectivity index (χ4v) is 4.06. The van der Waals surface area contributed by atoms with Crippen LogP contribution in [0.1, 0.15) is 31.2 Å². The molecule has 6 nitrogen and oxygen atoms in total. The van der Waals surface area contributed by atoms with Crippen LogP contribution in [0, 0.1) is 0 Å². The van der Waals surface area contributed by atoms with Crippen molar-refractivity contribution in [2.24, 2.45) is 5.73 Å². The van der Waals surface area contributed by atoms with Crippen LogP contribution in [0.5, 0.6) is 0 Å². The number of nitrogens with two attached hydrogens (primary N) is 1. The highest BCUT2D eigenvalue weighted by molar-refractivity contribution is 6.21. The monoisotopic (exact) mass is 329 g/mol. The molecule has 1 aliphatic carbocycles. The third-order valence-electron chi connectivity index (χ3n) is 5.60. The number of imide groups is 1. The fraction of sp³-hybridized carbons (Fsp3) is 0.556. The Morgan fingerprint density at radius 1 is 1.25 bits per heavy atom. The number of anilines is 1. The number of carbonyl (C=O) groups is 2. The summed E-state index contributed by atoms with van der Waals surface area (Å²) in [6.07, 6.45) is 3.87. The zero-order valence-electron chi connectivity index (χ0n) is 13.9. The minimum Gasteiger partial charge on any atom is -0.384 e. The van der Waals surface area contributed by atoms with Crippen LogP contribution in [0.25, 0.3) is 0 Å². The molecular formula is C18H23N3O3. The van der Waals surface area contributed by atoms with E-state index < -0.39 is 6.04 Å². The number of carbonyl (C=O) groups excluding carboxylic acids is 2. The van der Waals surface area contributed by atoms with Crippen LogP contribution >= 0.6 is 0 Å². The second-order valence-corrected chi connectivity index (χ2v) is 7.16. The molecule has 2 saturated heterocycles. The molecule has 2 aliphatic heterocycles. The van der Waals surface area contributed by atoms with Crippen LogP contribution in [0.3, 0.4) is 0 Å². The molecule has 0 radical (unpaired) electrons. The first-order valence-corrected chi connectivity index (χ1v) is 8.57. The minimum atomic E-state index is -0.505. The lowest BCUT2D eigenvalue weighted by molar-refractivity contribution is -0.120. The molecule has 1 saturated carbocycles. The molecule has 0 aromatic heterocycles. The Labute approximate surface area is 141 Å². The summed E-state index contributed by atoms with van der Waals surface area (Å²) in [4.78, 5) is 28.3. The second-order valence-electron chi connectivity index (χ2n) is 7.16. The first-order valence-electron chi connectivity index (χ1n) is 8.57. The summed E-state index contributed by atoms with van der Waals surface area (Å²) in [5, 5.41) is 0. The van der Waals surface area contributed by atoms with Gasteiger partial charge in [0.05, 0.1) is 12.3 Å². The third kappa shape index (κ3) is 2.24. The van der Waals surface area contributed by atoms with E-state index in [4.69, 9.17) is 10.5 Å². The van der Waals surface area contributed by atoms with Gasteiger partial charge in [-0.15, -0.1) is 0 Å². The number of ether oxygens (including phenoxy) is 1. The molecule has 2 heterocycles. The van der Waals surface area contributed by atoms with Gasteiger partial charge < -0.3 is 15.4 Å². The molecule has 3 fully saturated rings. The van der Waals surface area contributed by atoms with Crippen molar-refractivity contribution in [3.05, 3.63) is 29.8 Å². The third-order valence-corrected chi connectivity index (χ3v) is 5.60. The van der Waals surface area contributed by atoms with Crippen LogP contribution < -0.4 is 10.6 Å². The molecule has 0 bridgehead atoms. The Hall–Kier alpha value is -1.92. The van der Waals surface area contributed by atoms with Gasteiger partial charge in [-0.2, -0.15) is 0 Å². The van der Waals surface area contributed by atoms with E-state index in [0.29, 0.717) is 18.8 Å². The maximum Gasteiger partial charge on any atom is 0.332 e. The van der Waals surface area contributed by atoms with Crippen LogP contribution in [-0.4, -0.2) is 49.2 Å². The van der Waals surface area contributed by atoms with Crippen molar-refractivity contribution in [1.29, 1.82) is 0 Å². The summed E-state index contributed by atoms with van der Waals surface area (Å²) in [5.41, 5.74) is 8.04. The van der Waals surface area contributed by atoms with Gasteiger partial charge in [-0.3, -0.25) is 4.79 Å². The first-order chi connectivity index (χ1) is 11.6. The molecule has 6 heteroatoms. The van der Waals surface area contributed by atoms with Crippen molar-refractivity contribution in [2.75, 3.05) is 25.2 Å². The van der Waals surface area contributed by atoms with E-state index >= 15 is 0 Å². The molecule has 1 aromatic carbocycles. The topological polar surface area (TPSA) is 75.9 Å². The normalized spacial score (nSPS) is 28.2. The predicted octanol–water partition coefficient (Wildman–Crippen LogP) is 1.62. The van der Waals surface area contributed by atoms with Gasteiger partial charge >= 0.3 is 6.03 Å². The van der Waals surface area contributed by atoms with E-state index in [0.717, 1.165) is 25.7 Å². The Morgan fingerprint density at radius 2 is 1.96 bits per heavy atom. The average Bonchev–Trinajstić information content (AvgIpc) is 3.31. The van der Waals surface area contributed by atoms with Gasteiger partial charge in [-0.25, -0.2) is 9.69 Å². The van der Waals surface area contributed by atoms with Gasteiger partial charge in [0.15, 0.2) is 0 Å². The highest BCUT2D eigenvalue weighted by atomic mass is 16.5. The summed E-state index contributed by atoms with van der Waals surface area (Å²) in [7, 11) is 1.72. The molecule has 3 aliphatic rings. The van der Waals surface area contributed by atoms with Crippen LogP contribution in [0.2, 0.25) is 0 Å². The molecule has 2 atom stereocenters. The SMILES string of the molecule is COCC1(c2ccc(N3C(=O)[C@@H]4[C@H](N)CCCN4C3=O)cc2)CC1.